The van der Waals surface area contributed by atoms with Crippen LogP contribution in [0.1, 0.15) is 28.0 Å². The number of likely N-dealkylation sites (tertiary alicyclic amines) is 1. The minimum absolute atomic E-state index is 0.0360. The van der Waals surface area contributed by atoms with E-state index in [1.165, 1.54) is 6.07 Å². The second-order valence-corrected chi connectivity index (χ2v) is 8.59. The number of aromatic nitrogens is 2. The number of halogens is 3. The van der Waals surface area contributed by atoms with Gasteiger partial charge in [0.25, 0.3) is 5.91 Å². The number of benzene rings is 1. The Labute approximate surface area is 184 Å². The number of hydrogen-bond acceptors (Lipinski definition) is 5. The number of methoxy groups -OCH3 is 1. The number of ether oxygens (including phenoxy) is 1. The summed E-state index contributed by atoms with van der Waals surface area (Å²) in [5, 5.41) is 13.3. The number of carbonyl (C=O) groups excluding carboxylic acids is 1. The van der Waals surface area contributed by atoms with E-state index in [9.17, 15) is 18.0 Å². The third-order valence-corrected chi connectivity index (χ3v) is 6.58. The Morgan fingerprint density at radius 1 is 1.34 bits per heavy atom. The van der Waals surface area contributed by atoms with Gasteiger partial charge >= 0.3 is 6.18 Å². The second-order valence-electron chi connectivity index (χ2n) is 8.59. The fraction of sp³-hybridized carbons (Fsp3) is 0.500. The highest BCUT2D eigenvalue weighted by molar-refractivity contribution is 5.92. The summed E-state index contributed by atoms with van der Waals surface area (Å²) in [5.74, 6) is -0.110. The molecule has 0 aliphatic carbocycles. The molecule has 0 radical (unpaired) electrons. The minimum atomic E-state index is -4.61. The summed E-state index contributed by atoms with van der Waals surface area (Å²) in [6.45, 7) is 2.50. The highest BCUT2D eigenvalue weighted by atomic mass is 19.4. The number of amides is 1. The highest BCUT2D eigenvalue weighted by Gasteiger charge is 2.50. The number of carbonyl (C=O) groups is 1. The maximum absolute atomic E-state index is 13.5. The number of alkyl halides is 3. The van der Waals surface area contributed by atoms with Gasteiger partial charge in [-0.05, 0) is 30.7 Å². The van der Waals surface area contributed by atoms with E-state index >= 15 is 0 Å². The molecule has 32 heavy (non-hydrogen) atoms. The molecule has 2 unspecified atom stereocenters. The Morgan fingerprint density at radius 3 is 2.75 bits per heavy atom. The van der Waals surface area contributed by atoms with Crippen molar-refractivity contribution < 1.29 is 22.7 Å². The van der Waals surface area contributed by atoms with Gasteiger partial charge in [-0.2, -0.15) is 23.5 Å². The Bertz CT molecular complexity index is 1060. The fourth-order valence-corrected chi connectivity index (χ4v) is 4.94. The maximum atomic E-state index is 13.5. The zero-order valence-corrected chi connectivity index (χ0v) is 17.9. The number of rotatable bonds is 4. The van der Waals surface area contributed by atoms with Gasteiger partial charge in [0.1, 0.15) is 5.69 Å². The van der Waals surface area contributed by atoms with Crippen molar-refractivity contribution in [2.45, 2.75) is 12.6 Å². The van der Waals surface area contributed by atoms with E-state index in [1.54, 1.807) is 48.1 Å². The van der Waals surface area contributed by atoms with Gasteiger partial charge in [-0.25, -0.2) is 0 Å². The van der Waals surface area contributed by atoms with Crippen LogP contribution in [0, 0.1) is 22.7 Å². The maximum Gasteiger partial charge on any atom is 0.417 e. The number of anilines is 1. The van der Waals surface area contributed by atoms with Crippen LogP contribution in [0.5, 0.6) is 0 Å². The van der Waals surface area contributed by atoms with Crippen LogP contribution in [0.4, 0.5) is 18.9 Å². The lowest BCUT2D eigenvalue weighted by Gasteiger charge is -2.42. The second kappa shape index (κ2) is 8.13. The Balaban J connectivity index is 1.59. The van der Waals surface area contributed by atoms with Gasteiger partial charge in [-0.3, -0.25) is 9.48 Å². The summed E-state index contributed by atoms with van der Waals surface area (Å²) >= 11 is 0. The van der Waals surface area contributed by atoms with E-state index < -0.39 is 17.3 Å². The molecule has 2 aliphatic heterocycles. The molecule has 10 heteroatoms. The first-order chi connectivity index (χ1) is 15.2. The fourth-order valence-electron chi connectivity index (χ4n) is 4.94. The molecule has 1 amide bonds. The first-order valence-corrected chi connectivity index (χ1v) is 10.3. The topological polar surface area (TPSA) is 74.4 Å². The zero-order chi connectivity index (χ0) is 23.1. The molecule has 2 atom stereocenters. The van der Waals surface area contributed by atoms with Crippen LogP contribution in [0.25, 0.3) is 0 Å². The quantitative estimate of drug-likeness (QED) is 0.721. The molecule has 2 saturated heterocycles. The van der Waals surface area contributed by atoms with Crippen molar-refractivity contribution in [2.75, 3.05) is 44.8 Å². The van der Waals surface area contributed by atoms with E-state index in [-0.39, 0.29) is 17.2 Å². The molecule has 1 aromatic carbocycles. The molecular weight excluding hydrogens is 423 g/mol. The lowest BCUT2D eigenvalue weighted by Crippen LogP contribution is -2.51. The number of fused-ring (bicyclic) bond motifs is 1. The Kier molecular flexibility index (Phi) is 5.63. The lowest BCUT2D eigenvalue weighted by atomic mass is 9.73. The Hall–Kier alpha value is -3.06. The van der Waals surface area contributed by atoms with E-state index in [0.29, 0.717) is 50.6 Å². The first kappa shape index (κ1) is 22.1. The summed E-state index contributed by atoms with van der Waals surface area (Å²) < 4.78 is 47.4. The number of aryl methyl sites for hydroxylation is 1. The predicted octanol–water partition coefficient (Wildman–Crippen LogP) is 2.93. The predicted molar refractivity (Wildman–Crippen MR) is 110 cm³/mol. The van der Waals surface area contributed by atoms with Crippen molar-refractivity contribution >= 4 is 11.6 Å². The van der Waals surface area contributed by atoms with Crippen LogP contribution in [0.3, 0.4) is 0 Å². The monoisotopic (exact) mass is 447 g/mol. The Morgan fingerprint density at radius 2 is 2.12 bits per heavy atom. The summed E-state index contributed by atoms with van der Waals surface area (Å²) in [5.41, 5.74) is -0.786. The van der Waals surface area contributed by atoms with Crippen LogP contribution in [0.2, 0.25) is 0 Å². The minimum Gasteiger partial charge on any atom is -0.384 e. The first-order valence-electron chi connectivity index (χ1n) is 10.3. The van der Waals surface area contributed by atoms with Crippen LogP contribution in [-0.2, 0) is 18.0 Å². The summed E-state index contributed by atoms with van der Waals surface area (Å²) in [7, 11) is 3.36. The molecule has 2 fully saturated rings. The molecule has 0 N–H and O–H groups in total. The van der Waals surface area contributed by atoms with E-state index in [0.717, 1.165) is 6.07 Å². The van der Waals surface area contributed by atoms with Crippen molar-refractivity contribution in [3.8, 4) is 6.07 Å². The third-order valence-electron chi connectivity index (χ3n) is 6.58. The van der Waals surface area contributed by atoms with Crippen LogP contribution in [0.15, 0.2) is 30.5 Å². The molecule has 3 heterocycles. The number of hydrogen-bond donors (Lipinski definition) is 0. The van der Waals surface area contributed by atoms with Gasteiger partial charge in [0.2, 0.25) is 0 Å². The van der Waals surface area contributed by atoms with Gasteiger partial charge in [0.15, 0.2) is 0 Å². The highest BCUT2D eigenvalue weighted by Crippen LogP contribution is 2.45. The molecule has 0 spiro atoms. The average Bonchev–Trinajstić information content (AvgIpc) is 3.35. The van der Waals surface area contributed by atoms with Crippen molar-refractivity contribution in [1.82, 2.24) is 14.7 Å². The van der Waals surface area contributed by atoms with Crippen molar-refractivity contribution in [2.24, 2.45) is 18.4 Å². The van der Waals surface area contributed by atoms with E-state index in [1.807, 2.05) is 4.90 Å². The largest absolute Gasteiger partial charge is 0.417 e. The van der Waals surface area contributed by atoms with Gasteiger partial charge < -0.3 is 14.5 Å². The number of nitriles is 1. The van der Waals surface area contributed by atoms with Crippen LogP contribution < -0.4 is 4.90 Å². The van der Waals surface area contributed by atoms with Crippen LogP contribution in [-0.4, -0.2) is 60.5 Å². The zero-order valence-electron chi connectivity index (χ0n) is 17.9. The van der Waals surface area contributed by atoms with Gasteiger partial charge in [-0.15, -0.1) is 0 Å². The van der Waals surface area contributed by atoms with Crippen molar-refractivity contribution in [3.63, 3.8) is 0 Å². The molecule has 2 aromatic rings. The SMILES string of the molecule is COCC12CCN(C(=O)c3ccn(C)n3)CC1CN(c1ccc(C#N)c(C(F)(F)F)c1)C2. The van der Waals surface area contributed by atoms with E-state index in [4.69, 9.17) is 10.00 Å². The van der Waals surface area contributed by atoms with Crippen LogP contribution >= 0.6 is 0 Å². The average molecular weight is 447 g/mol. The molecule has 4 rings (SSSR count). The van der Waals surface area contributed by atoms with Gasteiger partial charge in [0.05, 0.1) is 23.8 Å². The van der Waals surface area contributed by atoms with Gasteiger partial charge in [-0.1, -0.05) is 0 Å². The number of piperidine rings is 1. The van der Waals surface area contributed by atoms with Crippen molar-refractivity contribution in [1.29, 1.82) is 5.26 Å². The molecule has 170 valence electrons. The summed E-state index contributed by atoms with van der Waals surface area (Å²) in [4.78, 5) is 16.6. The summed E-state index contributed by atoms with van der Waals surface area (Å²) in [6, 6.07) is 7.13. The molecule has 7 nitrogen and oxygen atoms in total. The normalized spacial score (nSPS) is 23.2. The smallest absolute Gasteiger partial charge is 0.384 e. The van der Waals surface area contributed by atoms with Crippen molar-refractivity contribution in [3.05, 3.63) is 47.3 Å². The number of nitrogens with zero attached hydrogens (tertiary/aromatic N) is 5. The molecule has 0 bridgehead atoms. The molecule has 0 saturated carbocycles. The summed E-state index contributed by atoms with van der Waals surface area (Å²) in [6.07, 6.45) is -2.21. The standard InChI is InChI=1S/C22H24F3N5O2/c1-28-7-5-19(27-28)20(31)29-8-6-21(14-32-2)13-30(12-16(21)11-29)17-4-3-15(10-26)18(9-17)22(23,24)25/h3-5,7,9,16H,6,8,11-14H2,1-2H3. The van der Waals surface area contributed by atoms with E-state index in [2.05, 4.69) is 5.10 Å². The molecule has 2 aliphatic rings. The lowest BCUT2D eigenvalue weighted by molar-refractivity contribution is -0.137. The third kappa shape index (κ3) is 3.93. The molecule has 1 aromatic heterocycles. The molecular formula is C22H24F3N5O2. The van der Waals surface area contributed by atoms with Gasteiger partial charge in [0, 0.05) is 63.6 Å².